The third-order valence-electron chi connectivity index (χ3n) is 5.43. The minimum atomic E-state index is -0.652. The Balaban J connectivity index is 2.08. The molecule has 2 atom stereocenters. The van der Waals surface area contributed by atoms with Gasteiger partial charge >= 0.3 is 0 Å². The average molecular weight is 385 g/mol. The lowest BCUT2D eigenvalue weighted by Crippen LogP contribution is -2.26. The third-order valence-corrected chi connectivity index (χ3v) is 5.43. The summed E-state index contributed by atoms with van der Waals surface area (Å²) in [6, 6.07) is 8.64. The summed E-state index contributed by atoms with van der Waals surface area (Å²) in [5.41, 5.74) is 4.82. The molecule has 28 heavy (non-hydrogen) atoms. The molecular formula is C25H36O3. The molecule has 1 aromatic carbocycles. The normalized spacial score (nSPS) is 22.7. The van der Waals surface area contributed by atoms with Gasteiger partial charge in [0.25, 0.3) is 0 Å². The lowest BCUT2D eigenvalue weighted by Gasteiger charge is -2.26. The van der Waals surface area contributed by atoms with Crippen LogP contribution in [0.1, 0.15) is 70.4 Å². The Morgan fingerprint density at radius 3 is 2.68 bits per heavy atom. The van der Waals surface area contributed by atoms with E-state index in [2.05, 4.69) is 43.8 Å². The molecule has 1 aliphatic carbocycles. The summed E-state index contributed by atoms with van der Waals surface area (Å²) in [4.78, 5) is 0. The van der Waals surface area contributed by atoms with E-state index in [1.807, 2.05) is 19.9 Å². The summed E-state index contributed by atoms with van der Waals surface area (Å²) in [5, 5.41) is 29.8. The molecular weight excluding hydrogens is 348 g/mol. The Morgan fingerprint density at radius 2 is 2.00 bits per heavy atom. The molecule has 0 aliphatic heterocycles. The molecule has 3 N–H and O–H groups in total. The van der Waals surface area contributed by atoms with E-state index in [1.165, 1.54) is 16.7 Å². The predicted molar refractivity (Wildman–Crippen MR) is 117 cm³/mol. The Kier molecular flexibility index (Phi) is 8.23. The highest BCUT2D eigenvalue weighted by Crippen LogP contribution is 2.29. The summed E-state index contributed by atoms with van der Waals surface area (Å²) in [6.07, 6.45) is 8.68. The molecule has 1 fully saturated rings. The summed E-state index contributed by atoms with van der Waals surface area (Å²) in [6.45, 7) is 9.84. The fourth-order valence-corrected chi connectivity index (χ4v) is 3.69. The minimum absolute atomic E-state index is 0.371. The Bertz CT molecular complexity index is 722. The number of aliphatic hydroxyl groups is 3. The first kappa shape index (κ1) is 22.6. The van der Waals surface area contributed by atoms with Gasteiger partial charge in [0.1, 0.15) is 0 Å². The molecule has 0 amide bonds. The number of unbranched alkanes of at least 4 members (excludes halogenated alkanes) is 1. The van der Waals surface area contributed by atoms with Gasteiger partial charge in [-0.05, 0) is 73.8 Å². The fourth-order valence-electron chi connectivity index (χ4n) is 3.69. The highest BCUT2D eigenvalue weighted by Gasteiger charge is 2.24. The number of benzene rings is 1. The minimum Gasteiger partial charge on any atom is -0.393 e. The molecule has 3 nitrogen and oxygen atoms in total. The lowest BCUT2D eigenvalue weighted by atomic mass is 9.85. The van der Waals surface area contributed by atoms with Gasteiger partial charge < -0.3 is 15.3 Å². The SMILES string of the molecule is C=C1C(=C/C=C(\CC)c2cccc(CCCCC(C)(C)O)c2)C[C@@H](O)C[C@@H]1O. The van der Waals surface area contributed by atoms with Gasteiger partial charge in [0.2, 0.25) is 0 Å². The highest BCUT2D eigenvalue weighted by atomic mass is 16.3. The quantitative estimate of drug-likeness (QED) is 0.555. The van der Waals surface area contributed by atoms with Crippen LogP contribution in [-0.4, -0.2) is 33.1 Å². The number of allylic oxidation sites excluding steroid dienone is 3. The molecule has 1 aliphatic rings. The van der Waals surface area contributed by atoms with Crippen molar-refractivity contribution in [1.82, 2.24) is 0 Å². The van der Waals surface area contributed by atoms with Gasteiger partial charge in [0.15, 0.2) is 0 Å². The van der Waals surface area contributed by atoms with E-state index in [1.54, 1.807) is 0 Å². The van der Waals surface area contributed by atoms with Crippen LogP contribution in [0.15, 0.2) is 54.1 Å². The molecule has 1 aromatic rings. The number of hydrogen-bond acceptors (Lipinski definition) is 3. The van der Waals surface area contributed by atoms with E-state index in [4.69, 9.17) is 0 Å². The van der Waals surface area contributed by atoms with Crippen LogP contribution in [0.2, 0.25) is 0 Å². The van der Waals surface area contributed by atoms with Crippen molar-refractivity contribution < 1.29 is 15.3 Å². The van der Waals surface area contributed by atoms with Crippen molar-refractivity contribution >= 4 is 5.57 Å². The third kappa shape index (κ3) is 7.05. The molecule has 0 spiro atoms. The summed E-state index contributed by atoms with van der Waals surface area (Å²) in [5.74, 6) is 0. The van der Waals surface area contributed by atoms with E-state index in [0.29, 0.717) is 12.8 Å². The van der Waals surface area contributed by atoms with Crippen molar-refractivity contribution in [1.29, 1.82) is 0 Å². The number of hydrogen-bond donors (Lipinski definition) is 3. The van der Waals surface area contributed by atoms with Crippen LogP contribution < -0.4 is 0 Å². The van der Waals surface area contributed by atoms with Crippen molar-refractivity contribution in [2.45, 2.75) is 83.5 Å². The molecule has 0 bridgehead atoms. The Hall–Kier alpha value is -1.68. The predicted octanol–water partition coefficient (Wildman–Crippen LogP) is 4.96. The number of aliphatic hydroxyl groups excluding tert-OH is 2. The van der Waals surface area contributed by atoms with Gasteiger partial charge in [-0.3, -0.25) is 0 Å². The van der Waals surface area contributed by atoms with Crippen LogP contribution in [-0.2, 0) is 6.42 Å². The van der Waals surface area contributed by atoms with Crippen molar-refractivity contribution in [2.75, 3.05) is 0 Å². The van der Waals surface area contributed by atoms with Gasteiger partial charge in [-0.15, -0.1) is 0 Å². The maximum atomic E-state index is 10.0. The largest absolute Gasteiger partial charge is 0.393 e. The molecule has 0 heterocycles. The van der Waals surface area contributed by atoms with E-state index in [9.17, 15) is 15.3 Å². The standard InChI is InChI=1S/C25H36O3/c1-5-20(12-13-21-16-23(26)17-24(27)18(21)2)22-11-8-10-19(15-22)9-6-7-14-25(3,4)28/h8,10-13,15,23-24,26-28H,2,5-7,9,14,16-17H2,1,3-4H3/b20-12+,21-13?/t23-,24+/m1/s1. The zero-order valence-corrected chi connectivity index (χ0v) is 17.6. The second-order valence-electron chi connectivity index (χ2n) is 8.59. The van der Waals surface area contributed by atoms with Gasteiger partial charge in [-0.1, -0.05) is 56.3 Å². The lowest BCUT2D eigenvalue weighted by molar-refractivity contribution is 0.0682. The van der Waals surface area contributed by atoms with E-state index in [-0.39, 0.29) is 0 Å². The second-order valence-corrected chi connectivity index (χ2v) is 8.59. The van der Waals surface area contributed by atoms with Crippen LogP contribution in [0.4, 0.5) is 0 Å². The Labute approximate surface area is 170 Å². The van der Waals surface area contributed by atoms with Crippen molar-refractivity contribution in [2.24, 2.45) is 0 Å². The van der Waals surface area contributed by atoms with E-state index < -0.39 is 17.8 Å². The van der Waals surface area contributed by atoms with Gasteiger partial charge in [0, 0.05) is 6.42 Å². The van der Waals surface area contributed by atoms with Crippen molar-refractivity contribution in [3.8, 4) is 0 Å². The Morgan fingerprint density at radius 1 is 1.25 bits per heavy atom. The topological polar surface area (TPSA) is 60.7 Å². The molecule has 3 heteroatoms. The summed E-state index contributed by atoms with van der Waals surface area (Å²) >= 11 is 0. The first-order valence-corrected chi connectivity index (χ1v) is 10.5. The monoisotopic (exact) mass is 384 g/mol. The van der Waals surface area contributed by atoms with Gasteiger partial charge in [-0.2, -0.15) is 0 Å². The first-order valence-electron chi connectivity index (χ1n) is 10.5. The molecule has 0 aromatic heterocycles. The van der Waals surface area contributed by atoms with Crippen LogP contribution in [0.25, 0.3) is 5.57 Å². The summed E-state index contributed by atoms with van der Waals surface area (Å²) < 4.78 is 0. The zero-order chi connectivity index (χ0) is 20.7. The van der Waals surface area contributed by atoms with Crippen molar-refractivity contribution in [3.63, 3.8) is 0 Å². The number of aryl methyl sites for hydroxylation is 1. The molecule has 1 saturated carbocycles. The maximum Gasteiger partial charge on any atom is 0.0811 e. The molecule has 0 radical (unpaired) electrons. The van der Waals surface area contributed by atoms with Gasteiger partial charge in [-0.25, -0.2) is 0 Å². The van der Waals surface area contributed by atoms with Crippen LogP contribution in [0.5, 0.6) is 0 Å². The van der Waals surface area contributed by atoms with E-state index >= 15 is 0 Å². The molecule has 2 rings (SSSR count). The number of rotatable bonds is 8. The molecule has 0 unspecified atom stereocenters. The van der Waals surface area contributed by atoms with Crippen LogP contribution in [0.3, 0.4) is 0 Å². The zero-order valence-electron chi connectivity index (χ0n) is 17.6. The van der Waals surface area contributed by atoms with Crippen LogP contribution in [0, 0.1) is 0 Å². The fraction of sp³-hybridized carbons (Fsp3) is 0.520. The second kappa shape index (κ2) is 10.2. The summed E-state index contributed by atoms with van der Waals surface area (Å²) in [7, 11) is 0. The molecule has 0 saturated heterocycles. The highest BCUT2D eigenvalue weighted by molar-refractivity contribution is 5.68. The maximum absolute atomic E-state index is 10.0. The molecule has 154 valence electrons. The van der Waals surface area contributed by atoms with Crippen molar-refractivity contribution in [3.05, 3.63) is 65.3 Å². The van der Waals surface area contributed by atoms with Gasteiger partial charge in [0.05, 0.1) is 17.8 Å². The smallest absolute Gasteiger partial charge is 0.0811 e. The average Bonchev–Trinajstić information content (AvgIpc) is 2.63. The van der Waals surface area contributed by atoms with Crippen LogP contribution >= 0.6 is 0 Å². The first-order chi connectivity index (χ1) is 13.2. The van der Waals surface area contributed by atoms with E-state index in [0.717, 1.165) is 43.3 Å².